The van der Waals surface area contributed by atoms with Gasteiger partial charge in [-0.3, -0.25) is 5.32 Å². The van der Waals surface area contributed by atoms with Crippen LogP contribution >= 0.6 is 0 Å². The Morgan fingerprint density at radius 2 is 2.16 bits per heavy atom. The van der Waals surface area contributed by atoms with Gasteiger partial charge in [0, 0.05) is 30.9 Å². The molecule has 6 atom stereocenters. The van der Waals surface area contributed by atoms with Gasteiger partial charge in [0.15, 0.2) is 0 Å². The van der Waals surface area contributed by atoms with Crippen molar-refractivity contribution in [3.8, 4) is 0 Å². The summed E-state index contributed by atoms with van der Waals surface area (Å²) in [7, 11) is 3.58. The van der Waals surface area contributed by atoms with Crippen LogP contribution in [0.15, 0.2) is 46.5 Å². The lowest BCUT2D eigenvalue weighted by Crippen LogP contribution is -2.45. The van der Waals surface area contributed by atoms with Crippen molar-refractivity contribution >= 4 is 19.8 Å². The van der Waals surface area contributed by atoms with Gasteiger partial charge in [0.05, 0.1) is 25.3 Å². The zero-order chi connectivity index (χ0) is 23.2. The second kappa shape index (κ2) is 14.8. The minimum absolute atomic E-state index is 0.0363. The Kier molecular flexibility index (Phi) is 12.9. The van der Waals surface area contributed by atoms with Crippen LogP contribution in [0.1, 0.15) is 20.8 Å². The number of carbonyl (C=O) groups is 1. The Bertz CT molecular complexity index is 701. The lowest BCUT2D eigenvalue weighted by atomic mass is 9.67. The van der Waals surface area contributed by atoms with E-state index in [1.54, 1.807) is 19.4 Å². The van der Waals surface area contributed by atoms with Crippen molar-refractivity contribution in [3.63, 3.8) is 0 Å². The molecule has 1 radical (unpaired) electrons. The summed E-state index contributed by atoms with van der Waals surface area (Å²) in [5.41, 5.74) is 9.45. The van der Waals surface area contributed by atoms with E-state index in [0.29, 0.717) is 19.0 Å². The first-order valence-corrected chi connectivity index (χ1v) is 10.7. The van der Waals surface area contributed by atoms with Crippen molar-refractivity contribution in [2.24, 2.45) is 28.5 Å². The summed E-state index contributed by atoms with van der Waals surface area (Å²) in [6.07, 6.45) is 9.62. The van der Waals surface area contributed by atoms with Gasteiger partial charge in [0.2, 0.25) is 0 Å². The summed E-state index contributed by atoms with van der Waals surface area (Å²) in [5, 5.41) is 13.1. The number of nitrogens with zero attached hydrogens (tertiary/aromatic N) is 1. The predicted octanol–water partition coefficient (Wildman–Crippen LogP) is 1.68. The number of aliphatic hydroxyl groups is 1. The van der Waals surface area contributed by atoms with Crippen LogP contribution in [0.2, 0.25) is 6.82 Å². The van der Waals surface area contributed by atoms with E-state index < -0.39 is 12.1 Å². The number of aldehydes is 1. The quantitative estimate of drug-likeness (QED) is 0.127. The second-order valence-electron chi connectivity index (χ2n) is 7.72. The molecule has 7 nitrogen and oxygen atoms in total. The molecule has 31 heavy (non-hydrogen) atoms. The zero-order valence-corrected chi connectivity index (χ0v) is 19.3. The van der Waals surface area contributed by atoms with Gasteiger partial charge in [0.1, 0.15) is 25.9 Å². The maximum Gasteiger partial charge on any atom is 0.141 e. The van der Waals surface area contributed by atoms with Crippen LogP contribution in [0.3, 0.4) is 0 Å². The molecule has 0 saturated heterocycles. The normalized spacial score (nSPS) is 23.0. The average molecular weight is 430 g/mol. The summed E-state index contributed by atoms with van der Waals surface area (Å²) in [6, 6.07) is -1.14. The van der Waals surface area contributed by atoms with Gasteiger partial charge in [-0.25, -0.2) is 0 Å². The Morgan fingerprint density at radius 3 is 2.74 bits per heavy atom. The van der Waals surface area contributed by atoms with Crippen LogP contribution in [0, 0.1) is 17.8 Å². The maximum absolute atomic E-state index is 12.1. The average Bonchev–Trinajstić information content (AvgIpc) is 2.90. The topological polar surface area (TPSA) is 106 Å². The van der Waals surface area contributed by atoms with Crippen LogP contribution in [0.4, 0.5) is 0 Å². The van der Waals surface area contributed by atoms with Crippen LogP contribution in [0.25, 0.3) is 0 Å². The van der Waals surface area contributed by atoms with Crippen LogP contribution in [-0.4, -0.2) is 69.8 Å². The summed E-state index contributed by atoms with van der Waals surface area (Å²) in [6.45, 7) is 8.69. The molecule has 0 bridgehead atoms. The van der Waals surface area contributed by atoms with E-state index in [1.165, 1.54) is 6.20 Å². The number of aliphatic imine (C=N–C) groups is 1. The fourth-order valence-electron chi connectivity index (χ4n) is 3.40. The molecule has 0 aromatic heterocycles. The first kappa shape index (κ1) is 26.9. The van der Waals surface area contributed by atoms with E-state index >= 15 is 0 Å². The van der Waals surface area contributed by atoms with E-state index in [4.69, 9.17) is 15.2 Å². The molecule has 4 unspecified atom stereocenters. The van der Waals surface area contributed by atoms with Crippen molar-refractivity contribution in [2.75, 3.05) is 26.9 Å². The van der Waals surface area contributed by atoms with Gasteiger partial charge < -0.3 is 30.1 Å². The third-order valence-corrected chi connectivity index (χ3v) is 5.48. The van der Waals surface area contributed by atoms with Crippen molar-refractivity contribution in [2.45, 2.75) is 45.6 Å². The highest BCUT2D eigenvalue weighted by Crippen LogP contribution is 2.29. The van der Waals surface area contributed by atoms with Gasteiger partial charge >= 0.3 is 0 Å². The molecule has 0 saturated carbocycles. The Hall–Kier alpha value is -2.12. The molecule has 0 heterocycles. The van der Waals surface area contributed by atoms with Crippen molar-refractivity contribution in [1.29, 1.82) is 0 Å². The summed E-state index contributed by atoms with van der Waals surface area (Å²) in [4.78, 5) is 16.7. The third-order valence-electron chi connectivity index (χ3n) is 5.48. The molecule has 0 amide bonds. The fraction of sp³-hybridized carbons (Fsp3) is 0.609. The van der Waals surface area contributed by atoms with Gasteiger partial charge in [-0.15, -0.1) is 5.73 Å². The predicted molar refractivity (Wildman–Crippen MR) is 126 cm³/mol. The van der Waals surface area contributed by atoms with Gasteiger partial charge in [0.25, 0.3) is 0 Å². The Balaban J connectivity index is 3.13. The maximum atomic E-state index is 12.1. The first-order chi connectivity index (χ1) is 14.9. The number of nitrogens with two attached hydrogens (primary N) is 1. The number of hydrogen-bond acceptors (Lipinski definition) is 7. The van der Waals surface area contributed by atoms with E-state index in [0.717, 1.165) is 11.9 Å². The largest absolute Gasteiger partial charge is 0.491 e. The third kappa shape index (κ3) is 8.50. The van der Waals surface area contributed by atoms with Crippen LogP contribution < -0.4 is 11.1 Å². The lowest BCUT2D eigenvalue weighted by Gasteiger charge is -2.28. The number of aliphatic hydroxyl groups excluding tert-OH is 1. The molecule has 0 aliphatic heterocycles. The van der Waals surface area contributed by atoms with E-state index in [1.807, 2.05) is 33.2 Å². The summed E-state index contributed by atoms with van der Waals surface area (Å²) in [5.74, 6) is 0.846. The molecule has 1 aliphatic carbocycles. The molecule has 1 rings (SSSR count). The van der Waals surface area contributed by atoms with Crippen LogP contribution in [0.5, 0.6) is 0 Å². The molecule has 8 heteroatoms. The Labute approximate surface area is 187 Å². The highest BCUT2D eigenvalue weighted by atomic mass is 16.5. The van der Waals surface area contributed by atoms with Crippen LogP contribution in [-0.2, 0) is 14.3 Å². The summed E-state index contributed by atoms with van der Waals surface area (Å²) >= 11 is 0. The number of allylic oxidation sites excluding steroid dienone is 1. The molecule has 0 aromatic rings. The van der Waals surface area contributed by atoms with Crippen molar-refractivity contribution in [1.82, 2.24) is 5.32 Å². The molecule has 0 aromatic carbocycles. The number of nitrogens with one attached hydrogen (secondary N) is 1. The SMILES string of the molecule is C[B]C(N=CC(CO)NC(C=O)C1=C(OCCOC)C=C=CC(C)[C@H]1C)[C@@H](C)/C=C/N. The zero-order valence-electron chi connectivity index (χ0n) is 19.3. The van der Waals surface area contributed by atoms with Gasteiger partial charge in [-0.05, 0) is 30.0 Å². The molecular weight excluding hydrogens is 393 g/mol. The van der Waals surface area contributed by atoms with E-state index in [-0.39, 0.29) is 30.3 Å². The highest BCUT2D eigenvalue weighted by Gasteiger charge is 2.29. The lowest BCUT2D eigenvalue weighted by molar-refractivity contribution is -0.109. The number of rotatable bonds is 14. The minimum Gasteiger partial charge on any atom is -0.491 e. The van der Waals surface area contributed by atoms with E-state index in [9.17, 15) is 9.90 Å². The Morgan fingerprint density at radius 1 is 1.42 bits per heavy atom. The first-order valence-electron chi connectivity index (χ1n) is 10.7. The van der Waals surface area contributed by atoms with Crippen molar-refractivity contribution in [3.05, 3.63) is 41.5 Å². The van der Waals surface area contributed by atoms with Gasteiger partial charge in [-0.2, -0.15) is 0 Å². The molecule has 4 N–H and O–H groups in total. The second-order valence-corrected chi connectivity index (χ2v) is 7.72. The molecular formula is C23H37BN3O4. The highest BCUT2D eigenvalue weighted by molar-refractivity contribution is 6.36. The fourth-order valence-corrected chi connectivity index (χ4v) is 3.40. The monoisotopic (exact) mass is 430 g/mol. The smallest absolute Gasteiger partial charge is 0.141 e. The summed E-state index contributed by atoms with van der Waals surface area (Å²) < 4.78 is 11.0. The van der Waals surface area contributed by atoms with Crippen molar-refractivity contribution < 1.29 is 19.4 Å². The standard InChI is InChI=1S/C23H37BN3O4/c1-16-7-6-8-21(31-12-11-30-5)22(18(16)3)20(15-29)27-19(14-28)13-26-23(24-4)17(2)9-10-25/h7-10,13,15-20,23,27-28H,11-12,14,25H2,1-5H3/b10-9+,26-13?/t16?,17-,18+,19?,20?,23?/m0/s1. The van der Waals surface area contributed by atoms with Gasteiger partial charge in [-0.1, -0.05) is 33.7 Å². The number of ether oxygens (including phenoxy) is 2. The minimum atomic E-state index is -0.645. The number of hydrogen-bond donors (Lipinski definition) is 3. The van der Waals surface area contributed by atoms with E-state index in [2.05, 4.69) is 29.9 Å². The molecule has 171 valence electrons. The number of carbonyl (C=O) groups excluding carboxylic acids is 1. The number of methoxy groups -OCH3 is 1. The molecule has 1 aliphatic rings. The molecule has 0 spiro atoms. The molecule has 0 fully saturated rings.